The molecule has 2 aromatic rings. The van der Waals surface area contributed by atoms with Crippen LogP contribution in [0.1, 0.15) is 29.8 Å². The zero-order chi connectivity index (χ0) is 19.9. The second kappa shape index (κ2) is 11.1. The molecule has 0 saturated heterocycles. The first kappa shape index (κ1) is 24.1. The summed E-state index contributed by atoms with van der Waals surface area (Å²) in [4.78, 5) is 8.65. The standard InChI is InChI=1S/C18H23F3N4O2.HI/c1-4-22-17(24-11-16-25-12(2)13(3)27-16)23-9-10-26-15-7-5-14(6-8-15)18(19,20)21;/h5-8H,4,9-11H2,1-3H3,(H2,22,23,24);1H. The molecule has 0 aliphatic heterocycles. The first-order valence-corrected chi connectivity index (χ1v) is 8.54. The molecule has 0 saturated carbocycles. The summed E-state index contributed by atoms with van der Waals surface area (Å²) in [6.07, 6.45) is -4.35. The maximum absolute atomic E-state index is 12.5. The lowest BCUT2D eigenvalue weighted by Crippen LogP contribution is -2.39. The third-order valence-electron chi connectivity index (χ3n) is 3.63. The number of aryl methyl sites for hydroxylation is 2. The summed E-state index contributed by atoms with van der Waals surface area (Å²) < 4.78 is 48.5. The number of ether oxygens (including phenoxy) is 1. The quantitative estimate of drug-likeness (QED) is 0.254. The Morgan fingerprint density at radius 3 is 2.39 bits per heavy atom. The van der Waals surface area contributed by atoms with E-state index in [1.54, 1.807) is 0 Å². The van der Waals surface area contributed by atoms with Crippen molar-refractivity contribution in [2.45, 2.75) is 33.5 Å². The smallest absolute Gasteiger partial charge is 0.416 e. The zero-order valence-corrected chi connectivity index (χ0v) is 18.2. The van der Waals surface area contributed by atoms with Crippen molar-refractivity contribution in [1.82, 2.24) is 15.6 Å². The van der Waals surface area contributed by atoms with Crippen molar-refractivity contribution in [2.24, 2.45) is 4.99 Å². The average Bonchev–Trinajstić information content (AvgIpc) is 2.94. The Bertz CT molecular complexity index is 742. The molecular weight excluding hydrogens is 488 g/mol. The molecule has 2 rings (SSSR count). The summed E-state index contributed by atoms with van der Waals surface area (Å²) >= 11 is 0. The van der Waals surface area contributed by atoms with Crippen molar-refractivity contribution in [1.29, 1.82) is 0 Å². The van der Waals surface area contributed by atoms with E-state index >= 15 is 0 Å². The van der Waals surface area contributed by atoms with Crippen LogP contribution in [0.5, 0.6) is 5.75 Å². The van der Waals surface area contributed by atoms with E-state index in [1.807, 2.05) is 20.8 Å². The van der Waals surface area contributed by atoms with Gasteiger partial charge in [-0.25, -0.2) is 9.98 Å². The predicted molar refractivity (Wildman–Crippen MR) is 111 cm³/mol. The maximum Gasteiger partial charge on any atom is 0.416 e. The number of benzene rings is 1. The number of hydrogen-bond donors (Lipinski definition) is 2. The molecule has 0 unspecified atom stereocenters. The molecule has 10 heteroatoms. The van der Waals surface area contributed by atoms with Crippen LogP contribution in [0.3, 0.4) is 0 Å². The molecule has 0 aliphatic rings. The lowest BCUT2D eigenvalue weighted by Gasteiger charge is -2.12. The highest BCUT2D eigenvalue weighted by Gasteiger charge is 2.29. The minimum Gasteiger partial charge on any atom is -0.492 e. The Morgan fingerprint density at radius 1 is 1.18 bits per heavy atom. The number of nitrogens with zero attached hydrogens (tertiary/aromatic N) is 2. The summed E-state index contributed by atoms with van der Waals surface area (Å²) in [5, 5.41) is 6.17. The van der Waals surface area contributed by atoms with Crippen molar-refractivity contribution in [3.63, 3.8) is 0 Å². The van der Waals surface area contributed by atoms with Crippen LogP contribution in [0.25, 0.3) is 0 Å². The first-order valence-electron chi connectivity index (χ1n) is 8.54. The number of oxazole rings is 1. The van der Waals surface area contributed by atoms with Crippen LogP contribution in [0.15, 0.2) is 33.7 Å². The van der Waals surface area contributed by atoms with Gasteiger partial charge in [0.25, 0.3) is 0 Å². The third kappa shape index (κ3) is 7.56. The van der Waals surface area contributed by atoms with E-state index in [9.17, 15) is 13.2 Å². The Balaban J connectivity index is 0.00000392. The van der Waals surface area contributed by atoms with Gasteiger partial charge >= 0.3 is 6.18 Å². The lowest BCUT2D eigenvalue weighted by atomic mass is 10.2. The fraction of sp³-hybridized carbons (Fsp3) is 0.444. The van der Waals surface area contributed by atoms with Crippen LogP contribution in [0, 0.1) is 13.8 Å². The molecule has 1 aromatic carbocycles. The largest absolute Gasteiger partial charge is 0.492 e. The molecule has 6 nitrogen and oxygen atoms in total. The number of rotatable bonds is 7. The molecule has 28 heavy (non-hydrogen) atoms. The van der Waals surface area contributed by atoms with Gasteiger partial charge in [-0.05, 0) is 45.0 Å². The Hall–Kier alpha value is -1.98. The van der Waals surface area contributed by atoms with Gasteiger partial charge in [0.2, 0.25) is 5.89 Å². The third-order valence-corrected chi connectivity index (χ3v) is 3.63. The SMILES string of the molecule is CCNC(=NCc1nc(C)c(C)o1)NCCOc1ccc(C(F)(F)F)cc1.I. The number of halogens is 4. The van der Waals surface area contributed by atoms with E-state index in [1.165, 1.54) is 12.1 Å². The lowest BCUT2D eigenvalue weighted by molar-refractivity contribution is -0.137. The highest BCUT2D eigenvalue weighted by atomic mass is 127. The van der Waals surface area contributed by atoms with Gasteiger partial charge in [-0.3, -0.25) is 0 Å². The summed E-state index contributed by atoms with van der Waals surface area (Å²) in [5.41, 5.74) is 0.134. The fourth-order valence-corrected chi connectivity index (χ4v) is 2.17. The molecule has 0 spiro atoms. The van der Waals surface area contributed by atoms with Crippen molar-refractivity contribution in [3.8, 4) is 5.75 Å². The summed E-state index contributed by atoms with van der Waals surface area (Å²) in [5.74, 6) is 2.24. The minimum atomic E-state index is -4.35. The molecular formula is C18H24F3IN4O2. The van der Waals surface area contributed by atoms with Crippen LogP contribution >= 0.6 is 24.0 Å². The first-order chi connectivity index (χ1) is 12.8. The maximum atomic E-state index is 12.5. The highest BCUT2D eigenvalue weighted by Crippen LogP contribution is 2.30. The molecule has 156 valence electrons. The van der Waals surface area contributed by atoms with E-state index in [-0.39, 0.29) is 30.6 Å². The number of hydrogen-bond acceptors (Lipinski definition) is 4. The summed E-state index contributed by atoms with van der Waals surface area (Å²) in [6.45, 7) is 7.32. The number of aliphatic imine (C=N–C) groups is 1. The van der Waals surface area contributed by atoms with Gasteiger partial charge in [-0.2, -0.15) is 13.2 Å². The second-order valence-electron chi connectivity index (χ2n) is 5.74. The number of guanidine groups is 1. The molecule has 1 aromatic heterocycles. The van der Waals surface area contributed by atoms with Gasteiger partial charge in [-0.1, -0.05) is 0 Å². The number of alkyl halides is 3. The molecule has 1 heterocycles. The van der Waals surface area contributed by atoms with Crippen LogP contribution in [-0.4, -0.2) is 30.6 Å². The van der Waals surface area contributed by atoms with Crippen molar-refractivity contribution in [3.05, 3.63) is 47.2 Å². The molecule has 0 amide bonds. The second-order valence-corrected chi connectivity index (χ2v) is 5.74. The predicted octanol–water partition coefficient (Wildman–Crippen LogP) is 4.06. The van der Waals surface area contributed by atoms with Gasteiger partial charge in [0.15, 0.2) is 5.96 Å². The van der Waals surface area contributed by atoms with Crippen molar-refractivity contribution >= 4 is 29.9 Å². The monoisotopic (exact) mass is 512 g/mol. The van der Waals surface area contributed by atoms with Crippen molar-refractivity contribution in [2.75, 3.05) is 19.7 Å². The van der Waals surface area contributed by atoms with Crippen LogP contribution in [-0.2, 0) is 12.7 Å². The zero-order valence-electron chi connectivity index (χ0n) is 15.9. The Kier molecular flexibility index (Phi) is 9.56. The Morgan fingerprint density at radius 2 is 1.86 bits per heavy atom. The Labute approximate surface area is 179 Å². The van der Waals surface area contributed by atoms with E-state index in [4.69, 9.17) is 9.15 Å². The highest BCUT2D eigenvalue weighted by molar-refractivity contribution is 14.0. The fourth-order valence-electron chi connectivity index (χ4n) is 2.17. The van der Waals surface area contributed by atoms with E-state index in [0.717, 1.165) is 23.6 Å². The molecule has 0 fully saturated rings. The normalized spacial score (nSPS) is 11.7. The van der Waals surface area contributed by atoms with Gasteiger partial charge in [0.1, 0.15) is 24.7 Å². The van der Waals surface area contributed by atoms with E-state index in [2.05, 4.69) is 20.6 Å². The summed E-state index contributed by atoms with van der Waals surface area (Å²) in [7, 11) is 0. The van der Waals surface area contributed by atoms with E-state index in [0.29, 0.717) is 37.2 Å². The van der Waals surface area contributed by atoms with Crippen LogP contribution in [0.4, 0.5) is 13.2 Å². The summed E-state index contributed by atoms with van der Waals surface area (Å²) in [6, 6.07) is 4.59. The molecule has 0 aliphatic carbocycles. The van der Waals surface area contributed by atoms with Gasteiger partial charge in [-0.15, -0.1) is 24.0 Å². The topological polar surface area (TPSA) is 71.7 Å². The average molecular weight is 512 g/mol. The van der Waals surface area contributed by atoms with Gasteiger partial charge < -0.3 is 19.8 Å². The van der Waals surface area contributed by atoms with Crippen LogP contribution < -0.4 is 15.4 Å². The molecule has 2 N–H and O–H groups in total. The van der Waals surface area contributed by atoms with Crippen molar-refractivity contribution < 1.29 is 22.3 Å². The van der Waals surface area contributed by atoms with Gasteiger partial charge in [0.05, 0.1) is 17.8 Å². The minimum absolute atomic E-state index is 0. The number of nitrogens with one attached hydrogen (secondary N) is 2. The molecule has 0 radical (unpaired) electrons. The molecule has 0 atom stereocenters. The number of aromatic nitrogens is 1. The molecule has 0 bridgehead atoms. The van der Waals surface area contributed by atoms with E-state index < -0.39 is 11.7 Å². The van der Waals surface area contributed by atoms with Gasteiger partial charge in [0, 0.05) is 6.54 Å². The van der Waals surface area contributed by atoms with Crippen LogP contribution in [0.2, 0.25) is 0 Å².